The summed E-state index contributed by atoms with van der Waals surface area (Å²) in [4.78, 5) is 33.9. The van der Waals surface area contributed by atoms with Crippen molar-refractivity contribution in [2.75, 3.05) is 12.0 Å². The van der Waals surface area contributed by atoms with Gasteiger partial charge in [-0.15, -0.1) is 0 Å². The van der Waals surface area contributed by atoms with Crippen molar-refractivity contribution in [3.8, 4) is 5.75 Å². The Labute approximate surface area is 195 Å². The van der Waals surface area contributed by atoms with Crippen LogP contribution >= 0.6 is 11.3 Å². The average Bonchev–Trinajstić information content (AvgIpc) is 3.37. The highest BCUT2D eigenvalue weighted by molar-refractivity contribution is 7.22. The third kappa shape index (κ3) is 3.17. The second-order valence-electron chi connectivity index (χ2n) is 8.98. The van der Waals surface area contributed by atoms with Gasteiger partial charge < -0.3 is 9.47 Å². The molecule has 3 aliphatic rings. The molecule has 3 aromatic rings. The van der Waals surface area contributed by atoms with Gasteiger partial charge in [-0.3, -0.25) is 14.5 Å². The van der Waals surface area contributed by atoms with Crippen LogP contribution in [0.4, 0.5) is 5.13 Å². The highest BCUT2D eigenvalue weighted by atomic mass is 32.1. The van der Waals surface area contributed by atoms with E-state index < -0.39 is 6.04 Å². The van der Waals surface area contributed by atoms with Crippen LogP contribution in [-0.2, 0) is 14.3 Å². The number of nitrogens with zero attached hydrogens (tertiary/aromatic N) is 2. The molecule has 0 radical (unpaired) electrons. The number of benzene rings is 2. The molecule has 3 unspecified atom stereocenters. The third-order valence-electron chi connectivity index (χ3n) is 6.91. The number of rotatable bonds is 3. The molecular weight excluding hydrogens is 436 g/mol. The zero-order valence-electron chi connectivity index (χ0n) is 18.5. The average molecular weight is 461 g/mol. The number of aryl methyl sites for hydroxylation is 1. The van der Waals surface area contributed by atoms with Gasteiger partial charge in [-0.25, -0.2) is 4.98 Å². The first-order valence-corrected chi connectivity index (χ1v) is 12.2. The van der Waals surface area contributed by atoms with Gasteiger partial charge in [0.1, 0.15) is 11.9 Å². The van der Waals surface area contributed by atoms with Crippen molar-refractivity contribution in [2.24, 2.45) is 5.92 Å². The van der Waals surface area contributed by atoms with Crippen molar-refractivity contribution in [3.63, 3.8) is 0 Å². The van der Waals surface area contributed by atoms with Gasteiger partial charge in [0.05, 0.1) is 34.9 Å². The van der Waals surface area contributed by atoms with Crippen LogP contribution in [0, 0.1) is 12.8 Å². The Kier molecular flexibility index (Phi) is 4.76. The molecule has 3 atom stereocenters. The van der Waals surface area contributed by atoms with E-state index in [0.29, 0.717) is 16.5 Å². The number of ether oxygens (including phenoxy) is 2. The van der Waals surface area contributed by atoms with Crippen molar-refractivity contribution in [1.29, 1.82) is 0 Å². The molecule has 0 spiro atoms. The second kappa shape index (κ2) is 7.70. The number of thiazole rings is 1. The lowest BCUT2D eigenvalue weighted by Gasteiger charge is -2.35. The maximum Gasteiger partial charge on any atom is 0.296 e. The molecule has 6 nitrogen and oxygen atoms in total. The van der Waals surface area contributed by atoms with Crippen LogP contribution in [0.25, 0.3) is 10.2 Å². The minimum Gasteiger partial charge on any atom is -0.497 e. The first-order chi connectivity index (χ1) is 16.0. The summed E-state index contributed by atoms with van der Waals surface area (Å²) in [6.07, 6.45) is 3.44. The normalized spacial score (nSPS) is 24.7. The zero-order valence-corrected chi connectivity index (χ0v) is 19.4. The fourth-order valence-electron chi connectivity index (χ4n) is 5.29. The number of Topliss-reactive ketones (excluding diaryl/α,β-unsaturated/α-hetero) is 1. The van der Waals surface area contributed by atoms with Gasteiger partial charge in [-0.1, -0.05) is 36.0 Å². The first kappa shape index (κ1) is 20.4. The maximum absolute atomic E-state index is 13.8. The number of carbonyl (C=O) groups is 2. The molecule has 0 bridgehead atoms. The minimum absolute atomic E-state index is 0.0431. The van der Waals surface area contributed by atoms with Crippen LogP contribution in [0.1, 0.15) is 42.9 Å². The Balaban J connectivity index is 1.52. The molecule has 1 fully saturated rings. The van der Waals surface area contributed by atoms with Gasteiger partial charge in [0.2, 0.25) is 0 Å². The molecule has 1 saturated carbocycles. The van der Waals surface area contributed by atoms with E-state index in [2.05, 4.69) is 6.07 Å². The Bertz CT molecular complexity index is 1330. The van der Waals surface area contributed by atoms with Gasteiger partial charge in [0.15, 0.2) is 16.7 Å². The van der Waals surface area contributed by atoms with Gasteiger partial charge in [-0.05, 0) is 61.6 Å². The Morgan fingerprint density at radius 2 is 1.97 bits per heavy atom. The van der Waals surface area contributed by atoms with Crippen LogP contribution in [0.5, 0.6) is 5.75 Å². The van der Waals surface area contributed by atoms with E-state index in [1.165, 1.54) is 11.3 Å². The lowest BCUT2D eigenvalue weighted by molar-refractivity contribution is -0.131. The summed E-state index contributed by atoms with van der Waals surface area (Å²) in [5.74, 6) is 0.448. The molecule has 7 heteroatoms. The Morgan fingerprint density at radius 1 is 1.12 bits per heavy atom. The Hall–Kier alpha value is -3.19. The van der Waals surface area contributed by atoms with E-state index >= 15 is 0 Å². The molecule has 168 valence electrons. The van der Waals surface area contributed by atoms with Gasteiger partial charge in [-0.2, -0.15) is 0 Å². The van der Waals surface area contributed by atoms with Crippen molar-refractivity contribution in [1.82, 2.24) is 4.98 Å². The molecule has 1 aromatic heterocycles. The summed E-state index contributed by atoms with van der Waals surface area (Å²) in [7, 11) is 1.61. The molecular formula is C26H24N2O4S. The molecule has 0 N–H and O–H groups in total. The van der Waals surface area contributed by atoms with E-state index in [1.807, 2.05) is 43.3 Å². The maximum atomic E-state index is 13.8. The predicted molar refractivity (Wildman–Crippen MR) is 126 cm³/mol. The molecule has 0 saturated heterocycles. The second-order valence-corrected chi connectivity index (χ2v) is 9.99. The largest absolute Gasteiger partial charge is 0.497 e. The lowest BCUT2D eigenvalue weighted by atomic mass is 9.77. The topological polar surface area (TPSA) is 68.7 Å². The van der Waals surface area contributed by atoms with E-state index in [4.69, 9.17) is 14.5 Å². The van der Waals surface area contributed by atoms with Crippen LogP contribution in [0.15, 0.2) is 53.8 Å². The number of hydrogen-bond donors (Lipinski definition) is 0. The van der Waals surface area contributed by atoms with Crippen molar-refractivity contribution in [3.05, 3.63) is 64.9 Å². The monoisotopic (exact) mass is 460 g/mol. The number of hydrogen-bond acceptors (Lipinski definition) is 6. The molecule has 1 amide bonds. The Morgan fingerprint density at radius 3 is 2.82 bits per heavy atom. The summed E-state index contributed by atoms with van der Waals surface area (Å²) >= 11 is 1.46. The van der Waals surface area contributed by atoms with Crippen LogP contribution in [0.3, 0.4) is 0 Å². The van der Waals surface area contributed by atoms with Crippen LogP contribution < -0.4 is 9.64 Å². The summed E-state index contributed by atoms with van der Waals surface area (Å²) in [5, 5.41) is 0.571. The first-order valence-electron chi connectivity index (χ1n) is 11.3. The summed E-state index contributed by atoms with van der Waals surface area (Å²) in [6, 6.07) is 13.0. The number of fused-ring (bicyclic) bond motifs is 2. The fraction of sp³-hybridized carbons (Fsp3) is 0.346. The molecule has 1 aliphatic carbocycles. The van der Waals surface area contributed by atoms with Crippen molar-refractivity contribution >= 4 is 38.4 Å². The lowest BCUT2D eigenvalue weighted by Crippen LogP contribution is -2.39. The number of amides is 1. The number of aromatic nitrogens is 1. The number of methoxy groups -OCH3 is 1. The molecule has 2 aromatic carbocycles. The summed E-state index contributed by atoms with van der Waals surface area (Å²) in [5.41, 5.74) is 3.25. The summed E-state index contributed by atoms with van der Waals surface area (Å²) < 4.78 is 12.7. The van der Waals surface area contributed by atoms with Crippen molar-refractivity contribution < 1.29 is 19.1 Å². The smallest absolute Gasteiger partial charge is 0.296 e. The molecule has 2 aliphatic heterocycles. The third-order valence-corrected chi connectivity index (χ3v) is 7.93. The zero-order chi connectivity index (χ0) is 22.7. The summed E-state index contributed by atoms with van der Waals surface area (Å²) in [6.45, 7) is 2.04. The van der Waals surface area contributed by atoms with Crippen LogP contribution in [0.2, 0.25) is 0 Å². The highest BCUT2D eigenvalue weighted by Crippen LogP contribution is 2.49. The van der Waals surface area contributed by atoms with Gasteiger partial charge >= 0.3 is 0 Å². The molecule has 33 heavy (non-hydrogen) atoms. The number of ketones is 1. The number of anilines is 1. The standard InChI is InChI=1S/C26H24N2O4S/c1-14-10-11-18-20(12-14)33-26(27-18)28-22(15-6-5-7-16(13-15)31-2)21-23(29)17-8-3-4-9-19(17)32-24(21)25(28)30/h5-7,10-13,17,19,22H,3-4,8-9H2,1-2H3. The number of carbonyl (C=O) groups excluding carboxylic acids is 2. The quantitative estimate of drug-likeness (QED) is 0.543. The van der Waals surface area contributed by atoms with E-state index in [-0.39, 0.29) is 29.5 Å². The highest BCUT2D eigenvalue weighted by Gasteiger charge is 2.53. The van der Waals surface area contributed by atoms with E-state index in [9.17, 15) is 9.59 Å². The van der Waals surface area contributed by atoms with Gasteiger partial charge in [0.25, 0.3) is 5.91 Å². The van der Waals surface area contributed by atoms with Crippen LogP contribution in [-0.4, -0.2) is 29.9 Å². The predicted octanol–water partition coefficient (Wildman–Crippen LogP) is 5.11. The fourth-order valence-corrected chi connectivity index (χ4v) is 6.38. The SMILES string of the molecule is COc1cccc(C2C3=C(OC4CCCCC4C3=O)C(=O)N2c2nc3ccc(C)cc3s2)c1. The molecule has 3 heterocycles. The van der Waals surface area contributed by atoms with E-state index in [0.717, 1.165) is 47.0 Å². The molecule has 6 rings (SSSR count). The van der Waals surface area contributed by atoms with Crippen molar-refractivity contribution in [2.45, 2.75) is 44.8 Å². The minimum atomic E-state index is -0.584. The van der Waals surface area contributed by atoms with Gasteiger partial charge in [0, 0.05) is 0 Å². The van der Waals surface area contributed by atoms with E-state index in [1.54, 1.807) is 12.0 Å².